The van der Waals surface area contributed by atoms with Gasteiger partial charge in [-0.15, -0.1) is 0 Å². The first-order valence-corrected chi connectivity index (χ1v) is 8.34. The van der Waals surface area contributed by atoms with Crippen LogP contribution >= 0.6 is 0 Å². The maximum Gasteiger partial charge on any atom is 0.327 e. The van der Waals surface area contributed by atoms with Gasteiger partial charge in [0.2, 0.25) is 0 Å². The molecule has 1 aromatic heterocycles. The van der Waals surface area contributed by atoms with Crippen molar-refractivity contribution in [3.05, 3.63) is 36.1 Å². The second-order valence-corrected chi connectivity index (χ2v) is 6.26. The van der Waals surface area contributed by atoms with Crippen molar-refractivity contribution in [1.82, 2.24) is 15.1 Å². The van der Waals surface area contributed by atoms with Gasteiger partial charge in [-0.1, -0.05) is 18.2 Å². The third kappa shape index (κ3) is 4.08. The van der Waals surface area contributed by atoms with Crippen LogP contribution < -0.4 is 5.32 Å². The molecule has 1 N–H and O–H groups in total. The van der Waals surface area contributed by atoms with Crippen molar-refractivity contribution < 1.29 is 28.3 Å². The normalized spacial score (nSPS) is 15.3. The lowest BCUT2D eigenvalue weighted by atomic mass is 10.2. The predicted molar refractivity (Wildman–Crippen MR) is 93.5 cm³/mol. The molecule has 1 aliphatic heterocycles. The Hall–Kier alpha value is -3.36. The zero-order chi connectivity index (χ0) is 19.6. The summed E-state index contributed by atoms with van der Waals surface area (Å²) >= 11 is 0. The lowest BCUT2D eigenvalue weighted by molar-refractivity contribution is -0.150. The lowest BCUT2D eigenvalue weighted by Gasteiger charge is -2.14. The first-order valence-electron chi connectivity index (χ1n) is 8.34. The van der Waals surface area contributed by atoms with E-state index in [1.165, 1.54) is 11.9 Å². The minimum Gasteiger partial charge on any atom is -0.459 e. The highest BCUT2D eigenvalue weighted by Crippen LogP contribution is 2.23. The van der Waals surface area contributed by atoms with E-state index in [-0.39, 0.29) is 6.54 Å². The fraction of sp³-hybridized carbons (Fsp3) is 0.333. The summed E-state index contributed by atoms with van der Waals surface area (Å²) in [5, 5.41) is 3.59. The molecule has 1 atom stereocenters. The number of furan rings is 1. The molecule has 0 spiro atoms. The summed E-state index contributed by atoms with van der Waals surface area (Å²) < 4.78 is 10.5. The van der Waals surface area contributed by atoms with Crippen LogP contribution in [0, 0.1) is 0 Å². The van der Waals surface area contributed by atoms with Crippen LogP contribution in [0.3, 0.4) is 0 Å². The van der Waals surface area contributed by atoms with E-state index < -0.39 is 43.0 Å². The lowest BCUT2D eigenvalue weighted by Crippen LogP contribution is -2.38. The van der Waals surface area contributed by atoms with Gasteiger partial charge in [0.05, 0.1) is 6.04 Å². The van der Waals surface area contributed by atoms with Gasteiger partial charge in [0.25, 0.3) is 11.8 Å². The largest absolute Gasteiger partial charge is 0.459 e. The number of urea groups is 1. The number of para-hydroxylation sites is 1. The SMILES string of the molecule is C[C@@H](NC(=O)COC(=O)CN1C(=O)CN(C)C1=O)c1cc2ccccc2o1. The molecule has 142 valence electrons. The number of nitrogens with one attached hydrogen (secondary N) is 1. The van der Waals surface area contributed by atoms with Gasteiger partial charge in [-0.2, -0.15) is 0 Å². The number of hydrogen-bond donors (Lipinski definition) is 1. The molecule has 0 radical (unpaired) electrons. The summed E-state index contributed by atoms with van der Waals surface area (Å²) in [6.07, 6.45) is 0. The molecular formula is C18H19N3O6. The van der Waals surface area contributed by atoms with Crippen molar-refractivity contribution in [3.63, 3.8) is 0 Å². The van der Waals surface area contributed by atoms with Gasteiger partial charge >= 0.3 is 12.0 Å². The van der Waals surface area contributed by atoms with E-state index in [1.807, 2.05) is 30.3 Å². The number of hydrogen-bond acceptors (Lipinski definition) is 6. The minimum absolute atomic E-state index is 0.0817. The monoisotopic (exact) mass is 373 g/mol. The summed E-state index contributed by atoms with van der Waals surface area (Å²) in [6.45, 7) is 0.625. The number of rotatable bonds is 6. The number of amides is 4. The molecule has 9 heteroatoms. The third-order valence-electron chi connectivity index (χ3n) is 4.13. The van der Waals surface area contributed by atoms with Crippen LogP contribution in [0.2, 0.25) is 0 Å². The van der Waals surface area contributed by atoms with Crippen LogP contribution in [-0.4, -0.2) is 60.4 Å². The number of ether oxygens (including phenoxy) is 1. The molecule has 2 aromatic rings. The van der Waals surface area contributed by atoms with Crippen LogP contribution in [0.15, 0.2) is 34.7 Å². The number of imide groups is 1. The summed E-state index contributed by atoms with van der Waals surface area (Å²) in [5.41, 5.74) is 0.713. The van der Waals surface area contributed by atoms with Gasteiger partial charge in [0.15, 0.2) is 6.61 Å². The summed E-state index contributed by atoms with van der Waals surface area (Å²) in [6, 6.07) is 8.31. The summed E-state index contributed by atoms with van der Waals surface area (Å²) in [7, 11) is 1.46. The van der Waals surface area contributed by atoms with Crippen molar-refractivity contribution in [2.45, 2.75) is 13.0 Å². The highest BCUT2D eigenvalue weighted by molar-refractivity contribution is 6.04. The Balaban J connectivity index is 1.48. The van der Waals surface area contributed by atoms with Crippen molar-refractivity contribution in [1.29, 1.82) is 0 Å². The van der Waals surface area contributed by atoms with Crippen molar-refractivity contribution in [3.8, 4) is 0 Å². The minimum atomic E-state index is -0.835. The number of likely N-dealkylation sites (N-methyl/N-ethyl adjacent to an activating group) is 1. The zero-order valence-corrected chi connectivity index (χ0v) is 14.9. The molecule has 3 rings (SSSR count). The average Bonchev–Trinajstić information content (AvgIpc) is 3.17. The maximum absolute atomic E-state index is 12.0. The number of benzene rings is 1. The Morgan fingerprint density at radius 2 is 2.04 bits per heavy atom. The van der Waals surface area contributed by atoms with Crippen molar-refractivity contribution >= 4 is 34.8 Å². The number of fused-ring (bicyclic) bond motifs is 1. The number of nitrogens with zero attached hydrogens (tertiary/aromatic N) is 2. The fourth-order valence-corrected chi connectivity index (χ4v) is 2.72. The summed E-state index contributed by atoms with van der Waals surface area (Å²) in [5.74, 6) is -1.26. The van der Waals surface area contributed by atoms with Gasteiger partial charge in [-0.05, 0) is 19.1 Å². The molecule has 0 bridgehead atoms. The molecule has 1 aliphatic rings. The standard InChI is InChI=1S/C18H19N3O6/c1-11(14-7-12-5-3-4-6-13(12)27-14)19-15(22)10-26-17(24)9-21-16(23)8-20(2)18(21)25/h3-7,11H,8-10H2,1-2H3,(H,19,22)/t11-/m1/s1. The fourth-order valence-electron chi connectivity index (χ4n) is 2.72. The Bertz CT molecular complexity index is 872. The van der Waals surface area contributed by atoms with Crippen LogP contribution in [0.1, 0.15) is 18.7 Å². The van der Waals surface area contributed by atoms with E-state index in [0.29, 0.717) is 11.3 Å². The van der Waals surface area contributed by atoms with E-state index in [1.54, 1.807) is 6.92 Å². The van der Waals surface area contributed by atoms with Crippen molar-refractivity contribution in [2.24, 2.45) is 0 Å². The number of carbonyl (C=O) groups excluding carboxylic acids is 4. The van der Waals surface area contributed by atoms with Gasteiger partial charge in [0.1, 0.15) is 24.4 Å². The summed E-state index contributed by atoms with van der Waals surface area (Å²) in [4.78, 5) is 49.1. The highest BCUT2D eigenvalue weighted by atomic mass is 16.5. The maximum atomic E-state index is 12.0. The Kier molecular flexibility index (Phi) is 5.11. The van der Waals surface area contributed by atoms with E-state index >= 15 is 0 Å². The average molecular weight is 373 g/mol. The Morgan fingerprint density at radius 3 is 2.70 bits per heavy atom. The third-order valence-corrected chi connectivity index (χ3v) is 4.13. The Labute approximate surface area is 154 Å². The van der Waals surface area contributed by atoms with Gasteiger partial charge in [-0.25, -0.2) is 4.79 Å². The topological polar surface area (TPSA) is 109 Å². The van der Waals surface area contributed by atoms with Crippen molar-refractivity contribution in [2.75, 3.05) is 26.7 Å². The molecule has 1 saturated heterocycles. The second-order valence-electron chi connectivity index (χ2n) is 6.26. The van der Waals surface area contributed by atoms with E-state index in [2.05, 4.69) is 5.32 Å². The van der Waals surface area contributed by atoms with Gasteiger partial charge in [-0.3, -0.25) is 19.3 Å². The Morgan fingerprint density at radius 1 is 1.30 bits per heavy atom. The van der Waals surface area contributed by atoms with E-state index in [0.717, 1.165) is 10.3 Å². The molecule has 4 amide bonds. The van der Waals surface area contributed by atoms with E-state index in [4.69, 9.17) is 9.15 Å². The predicted octanol–water partition coefficient (Wildman–Crippen LogP) is 1.05. The smallest absolute Gasteiger partial charge is 0.327 e. The molecule has 27 heavy (non-hydrogen) atoms. The number of esters is 1. The van der Waals surface area contributed by atoms with Gasteiger partial charge < -0.3 is 19.4 Å². The zero-order valence-electron chi connectivity index (χ0n) is 14.9. The van der Waals surface area contributed by atoms with Crippen LogP contribution in [0.5, 0.6) is 0 Å². The first-order chi connectivity index (χ1) is 12.8. The quantitative estimate of drug-likeness (QED) is 0.599. The van der Waals surface area contributed by atoms with Crippen LogP contribution in [-0.2, 0) is 19.1 Å². The second kappa shape index (κ2) is 7.48. The van der Waals surface area contributed by atoms with Gasteiger partial charge in [0, 0.05) is 12.4 Å². The molecular weight excluding hydrogens is 354 g/mol. The number of carbonyl (C=O) groups is 4. The van der Waals surface area contributed by atoms with Crippen LogP contribution in [0.25, 0.3) is 11.0 Å². The molecule has 9 nitrogen and oxygen atoms in total. The molecule has 2 heterocycles. The molecule has 0 saturated carbocycles. The molecule has 1 fully saturated rings. The van der Waals surface area contributed by atoms with E-state index in [9.17, 15) is 19.2 Å². The molecule has 0 aliphatic carbocycles. The molecule has 0 unspecified atom stereocenters. The first kappa shape index (κ1) is 18.4. The van der Waals surface area contributed by atoms with Crippen LogP contribution in [0.4, 0.5) is 4.79 Å². The molecule has 1 aromatic carbocycles. The highest BCUT2D eigenvalue weighted by Gasteiger charge is 2.35.